The topological polar surface area (TPSA) is 82.0 Å². The Morgan fingerprint density at radius 3 is 2.80 bits per heavy atom. The predicted molar refractivity (Wildman–Crippen MR) is 32.4 cm³/mol. The maximum atomic E-state index is 10.8. The van der Waals surface area contributed by atoms with Crippen molar-refractivity contribution in [1.82, 2.24) is 10.3 Å². The van der Waals surface area contributed by atoms with Crippen molar-refractivity contribution in [2.45, 2.75) is 6.92 Å². The molecule has 0 bridgehead atoms. The zero-order valence-electron chi connectivity index (χ0n) is 5.50. The molecular weight excluding hydrogens is 134 g/mol. The van der Waals surface area contributed by atoms with Gasteiger partial charge in [-0.1, -0.05) is 5.16 Å². The minimum absolute atomic E-state index is 0.0605. The molecule has 0 aromatic carbocycles. The highest BCUT2D eigenvalue weighted by atomic mass is 16.6. The molecule has 10 heavy (non-hydrogen) atoms. The number of aryl methyl sites for hydroxylation is 1. The van der Waals surface area contributed by atoms with Crippen molar-refractivity contribution < 1.29 is 9.42 Å². The van der Waals surface area contributed by atoms with Crippen molar-refractivity contribution in [3.8, 4) is 0 Å². The molecule has 5 heteroatoms. The van der Waals surface area contributed by atoms with E-state index in [9.17, 15) is 4.79 Å². The number of nitrogens with zero attached hydrogens (tertiary/aromatic N) is 2. The van der Waals surface area contributed by atoms with Crippen LogP contribution in [0.5, 0.6) is 0 Å². The summed E-state index contributed by atoms with van der Waals surface area (Å²) in [6.45, 7) is 1.58. The summed E-state index contributed by atoms with van der Waals surface area (Å²) in [7, 11) is 0. The fraction of sp³-hybridized carbons (Fsp3) is 0.400. The Balaban J connectivity index is 2.93. The lowest BCUT2D eigenvalue weighted by Crippen LogP contribution is -2.14. The van der Waals surface area contributed by atoms with Crippen LogP contribution >= 0.6 is 0 Å². The summed E-state index contributed by atoms with van der Waals surface area (Å²) in [5.74, 6) is -0.251. The van der Waals surface area contributed by atoms with Crippen LogP contribution in [0.2, 0.25) is 0 Å². The second-order valence-corrected chi connectivity index (χ2v) is 1.83. The van der Waals surface area contributed by atoms with Gasteiger partial charge in [0.05, 0.1) is 6.54 Å². The summed E-state index contributed by atoms with van der Waals surface area (Å²) < 4.78 is 4.29. The number of rotatable bonds is 2. The van der Waals surface area contributed by atoms with E-state index in [-0.39, 0.29) is 18.0 Å². The fourth-order valence-electron chi connectivity index (χ4n) is 0.581. The summed E-state index contributed by atoms with van der Waals surface area (Å²) >= 11 is 0. The van der Waals surface area contributed by atoms with Crippen molar-refractivity contribution in [3.05, 3.63) is 11.4 Å². The number of Topliss-reactive ketones (excluding diaryl/α,β-unsaturated/α-hetero) is 1. The molecule has 0 aliphatic rings. The lowest BCUT2D eigenvalue weighted by atomic mass is 10.2. The Hall–Kier alpha value is -1.23. The largest absolute Gasteiger partial charge is 0.324 e. The van der Waals surface area contributed by atoms with Crippen molar-refractivity contribution in [2.24, 2.45) is 5.73 Å². The van der Waals surface area contributed by atoms with Gasteiger partial charge in [-0.3, -0.25) is 4.79 Å². The van der Waals surface area contributed by atoms with E-state index >= 15 is 0 Å². The standard InChI is InChI=1S/C5H7N3O2/c1-3-5(4(9)2-6)8-10-7-3/h2,6H2,1H3. The molecule has 0 fully saturated rings. The van der Waals surface area contributed by atoms with Crippen LogP contribution in [0.4, 0.5) is 0 Å². The van der Waals surface area contributed by atoms with Gasteiger partial charge >= 0.3 is 0 Å². The Kier molecular flexibility index (Phi) is 1.77. The second kappa shape index (κ2) is 2.57. The molecule has 0 saturated carbocycles. The van der Waals surface area contributed by atoms with Crippen LogP contribution in [0.25, 0.3) is 0 Å². The molecule has 1 heterocycles. The number of carbonyl (C=O) groups is 1. The molecule has 2 N–H and O–H groups in total. The molecular formula is C5H7N3O2. The summed E-state index contributed by atoms with van der Waals surface area (Å²) in [5.41, 5.74) is 5.78. The van der Waals surface area contributed by atoms with Gasteiger partial charge in [-0.25, -0.2) is 4.63 Å². The molecule has 0 aliphatic heterocycles. The lowest BCUT2D eigenvalue weighted by Gasteiger charge is -1.86. The van der Waals surface area contributed by atoms with E-state index in [1.165, 1.54) is 0 Å². The SMILES string of the molecule is Cc1nonc1C(=O)CN. The average molecular weight is 141 g/mol. The molecule has 0 aliphatic carbocycles. The van der Waals surface area contributed by atoms with E-state index in [0.717, 1.165) is 0 Å². The first-order valence-electron chi connectivity index (χ1n) is 2.78. The number of ketones is 1. The van der Waals surface area contributed by atoms with Crippen LogP contribution in [-0.4, -0.2) is 22.6 Å². The van der Waals surface area contributed by atoms with Gasteiger partial charge in [0.1, 0.15) is 5.69 Å². The molecule has 1 aromatic rings. The van der Waals surface area contributed by atoms with Gasteiger partial charge < -0.3 is 5.73 Å². The first-order valence-corrected chi connectivity index (χ1v) is 2.78. The van der Waals surface area contributed by atoms with Gasteiger partial charge in [-0.2, -0.15) is 0 Å². The van der Waals surface area contributed by atoms with Crippen LogP contribution in [0.1, 0.15) is 16.2 Å². The summed E-state index contributed by atoms with van der Waals surface area (Å²) in [5, 5.41) is 6.79. The lowest BCUT2D eigenvalue weighted by molar-refractivity contribution is 0.0991. The molecule has 1 aromatic heterocycles. The fourth-order valence-corrected chi connectivity index (χ4v) is 0.581. The van der Waals surface area contributed by atoms with Crippen molar-refractivity contribution in [2.75, 3.05) is 6.54 Å². The van der Waals surface area contributed by atoms with Crippen LogP contribution in [0.15, 0.2) is 4.63 Å². The molecule has 54 valence electrons. The van der Waals surface area contributed by atoms with E-state index in [1.54, 1.807) is 6.92 Å². The first kappa shape index (κ1) is 6.88. The molecule has 1 rings (SSSR count). The summed E-state index contributed by atoms with van der Waals surface area (Å²) in [6, 6.07) is 0. The zero-order valence-corrected chi connectivity index (χ0v) is 5.50. The van der Waals surface area contributed by atoms with E-state index in [4.69, 9.17) is 5.73 Å². The summed E-state index contributed by atoms with van der Waals surface area (Å²) in [4.78, 5) is 10.8. The smallest absolute Gasteiger partial charge is 0.200 e. The van der Waals surface area contributed by atoms with Crippen LogP contribution in [0, 0.1) is 6.92 Å². The molecule has 0 spiro atoms. The monoisotopic (exact) mass is 141 g/mol. The number of aromatic nitrogens is 2. The highest BCUT2D eigenvalue weighted by Gasteiger charge is 2.11. The van der Waals surface area contributed by atoms with Gasteiger partial charge in [0, 0.05) is 0 Å². The Morgan fingerprint density at radius 2 is 2.40 bits per heavy atom. The molecule has 0 saturated heterocycles. The minimum atomic E-state index is -0.251. The summed E-state index contributed by atoms with van der Waals surface area (Å²) in [6.07, 6.45) is 0. The number of hydrogen-bond donors (Lipinski definition) is 1. The Morgan fingerprint density at radius 1 is 1.70 bits per heavy atom. The Bertz CT molecular complexity index is 243. The van der Waals surface area contributed by atoms with Crippen molar-refractivity contribution in [3.63, 3.8) is 0 Å². The van der Waals surface area contributed by atoms with Gasteiger partial charge in [0.25, 0.3) is 0 Å². The normalized spacial score (nSPS) is 9.80. The van der Waals surface area contributed by atoms with Crippen molar-refractivity contribution >= 4 is 5.78 Å². The highest BCUT2D eigenvalue weighted by molar-refractivity contribution is 5.96. The second-order valence-electron chi connectivity index (χ2n) is 1.83. The van der Waals surface area contributed by atoms with Gasteiger partial charge in [-0.15, -0.1) is 0 Å². The molecule has 0 radical (unpaired) electrons. The first-order chi connectivity index (χ1) is 4.75. The van der Waals surface area contributed by atoms with Crippen LogP contribution in [0.3, 0.4) is 0 Å². The molecule has 0 atom stereocenters. The third-order valence-electron chi connectivity index (χ3n) is 1.10. The number of nitrogens with two attached hydrogens (primary N) is 1. The van der Waals surface area contributed by atoms with E-state index < -0.39 is 0 Å². The highest BCUT2D eigenvalue weighted by Crippen LogP contribution is 1.99. The minimum Gasteiger partial charge on any atom is -0.324 e. The van der Waals surface area contributed by atoms with Crippen LogP contribution < -0.4 is 5.73 Å². The van der Waals surface area contributed by atoms with Crippen LogP contribution in [-0.2, 0) is 0 Å². The van der Waals surface area contributed by atoms with E-state index in [2.05, 4.69) is 14.9 Å². The third-order valence-corrected chi connectivity index (χ3v) is 1.10. The average Bonchev–Trinajstić information content (AvgIpc) is 2.34. The third kappa shape index (κ3) is 1.03. The number of carbonyl (C=O) groups excluding carboxylic acids is 1. The number of hydrogen-bond acceptors (Lipinski definition) is 5. The van der Waals surface area contributed by atoms with Gasteiger partial charge in [0.2, 0.25) is 0 Å². The van der Waals surface area contributed by atoms with E-state index in [0.29, 0.717) is 5.69 Å². The quantitative estimate of drug-likeness (QED) is 0.562. The Labute approximate surface area is 57.2 Å². The van der Waals surface area contributed by atoms with E-state index in [1.807, 2.05) is 0 Å². The predicted octanol–water partition coefficient (Wildman–Crippen LogP) is -0.481. The maximum Gasteiger partial charge on any atom is 0.200 e. The molecule has 5 nitrogen and oxygen atoms in total. The zero-order chi connectivity index (χ0) is 7.56. The molecule has 0 amide bonds. The maximum absolute atomic E-state index is 10.8. The van der Waals surface area contributed by atoms with Gasteiger partial charge in [0.15, 0.2) is 11.5 Å². The van der Waals surface area contributed by atoms with Gasteiger partial charge in [-0.05, 0) is 12.1 Å². The van der Waals surface area contributed by atoms with Crippen molar-refractivity contribution in [1.29, 1.82) is 0 Å². The molecule has 0 unspecified atom stereocenters.